The maximum absolute atomic E-state index is 13.0. The average molecular weight is 505 g/mol. The summed E-state index contributed by atoms with van der Waals surface area (Å²) in [5.41, 5.74) is 1.40. The molecule has 4 aromatic rings. The predicted molar refractivity (Wildman–Crippen MR) is 128 cm³/mol. The third kappa shape index (κ3) is 5.18. The molecule has 0 fully saturated rings. The highest BCUT2D eigenvalue weighted by Gasteiger charge is 2.26. The Balaban J connectivity index is 1.73. The zero-order valence-corrected chi connectivity index (χ0v) is 20.3. The lowest BCUT2D eigenvalue weighted by molar-refractivity contribution is 0.391. The summed E-state index contributed by atoms with van der Waals surface area (Å²) < 4.78 is 38.8. The number of rotatable bonds is 9. The van der Waals surface area contributed by atoms with Crippen molar-refractivity contribution in [3.8, 4) is 28.0 Å². The lowest BCUT2D eigenvalue weighted by Crippen LogP contribution is -2.16. The van der Waals surface area contributed by atoms with Crippen LogP contribution in [0, 0.1) is 0 Å². The molecule has 11 heteroatoms. The van der Waals surface area contributed by atoms with Gasteiger partial charge in [-0.05, 0) is 36.2 Å². The van der Waals surface area contributed by atoms with Crippen LogP contribution in [0.5, 0.6) is 11.5 Å². The molecule has 0 saturated carbocycles. The Morgan fingerprint density at radius 1 is 1.03 bits per heavy atom. The number of ether oxygens (including phenoxy) is 2. The predicted octanol–water partition coefficient (Wildman–Crippen LogP) is 4.22. The first-order valence-corrected chi connectivity index (χ1v) is 13.0. The Bertz CT molecular complexity index is 1320. The minimum atomic E-state index is -3.52. The van der Waals surface area contributed by atoms with Gasteiger partial charge in [-0.2, -0.15) is 0 Å². The molecule has 0 radical (unpaired) electrons. The Hall–Kier alpha value is -2.95. The van der Waals surface area contributed by atoms with Crippen LogP contribution < -0.4 is 9.47 Å². The average Bonchev–Trinajstić information content (AvgIpc) is 3.48. The number of sulfone groups is 1. The summed E-state index contributed by atoms with van der Waals surface area (Å²) in [5, 5.41) is 11.5. The van der Waals surface area contributed by atoms with Gasteiger partial charge in [0.1, 0.15) is 22.9 Å². The van der Waals surface area contributed by atoms with Crippen molar-refractivity contribution in [2.45, 2.75) is 12.2 Å². The normalized spacial score (nSPS) is 11.5. The van der Waals surface area contributed by atoms with Gasteiger partial charge in [0, 0.05) is 16.6 Å². The SMILES string of the molecule is COc1cccc(OC)c1-n1c(CS(=O)(=O)CCc2ccc(Cl)cc2)nnc1-c1nccs1. The maximum atomic E-state index is 13.0. The molecule has 0 bridgehead atoms. The molecule has 33 heavy (non-hydrogen) atoms. The fourth-order valence-electron chi connectivity index (χ4n) is 3.36. The summed E-state index contributed by atoms with van der Waals surface area (Å²) in [4.78, 5) is 4.33. The second kappa shape index (κ2) is 9.90. The first-order chi connectivity index (χ1) is 15.9. The van der Waals surface area contributed by atoms with E-state index in [9.17, 15) is 8.42 Å². The number of nitrogens with zero attached hydrogens (tertiary/aromatic N) is 4. The fourth-order valence-corrected chi connectivity index (χ4v) is 5.37. The van der Waals surface area contributed by atoms with E-state index in [1.54, 1.807) is 41.1 Å². The van der Waals surface area contributed by atoms with Gasteiger partial charge in [-0.3, -0.25) is 4.57 Å². The van der Waals surface area contributed by atoms with Crippen LogP contribution >= 0.6 is 22.9 Å². The highest BCUT2D eigenvalue weighted by molar-refractivity contribution is 7.90. The number of aryl methyl sites for hydroxylation is 1. The topological polar surface area (TPSA) is 96.2 Å². The molecule has 0 spiro atoms. The number of hydrogen-bond donors (Lipinski definition) is 0. The van der Waals surface area contributed by atoms with E-state index in [1.807, 2.05) is 17.5 Å². The van der Waals surface area contributed by atoms with Crippen molar-refractivity contribution in [2.24, 2.45) is 0 Å². The third-order valence-electron chi connectivity index (χ3n) is 4.94. The van der Waals surface area contributed by atoms with Gasteiger partial charge in [-0.1, -0.05) is 29.8 Å². The first-order valence-electron chi connectivity index (χ1n) is 9.92. The number of aromatic nitrogens is 4. The molecule has 0 saturated heterocycles. The Morgan fingerprint density at radius 2 is 1.73 bits per heavy atom. The second-order valence-electron chi connectivity index (χ2n) is 7.09. The van der Waals surface area contributed by atoms with Crippen molar-refractivity contribution in [3.63, 3.8) is 0 Å². The molecular weight excluding hydrogens is 484 g/mol. The summed E-state index contributed by atoms with van der Waals surface area (Å²) in [6.45, 7) is 0. The minimum Gasteiger partial charge on any atom is -0.494 e. The van der Waals surface area contributed by atoms with E-state index < -0.39 is 9.84 Å². The summed E-state index contributed by atoms with van der Waals surface area (Å²) in [6, 6.07) is 12.5. The number of benzene rings is 2. The van der Waals surface area contributed by atoms with Crippen LogP contribution in [0.25, 0.3) is 16.5 Å². The van der Waals surface area contributed by atoms with Gasteiger partial charge in [0.15, 0.2) is 26.5 Å². The summed E-state index contributed by atoms with van der Waals surface area (Å²) >= 11 is 7.29. The highest BCUT2D eigenvalue weighted by Crippen LogP contribution is 2.37. The molecule has 0 aliphatic heterocycles. The molecule has 4 rings (SSSR count). The Morgan fingerprint density at radius 3 is 2.33 bits per heavy atom. The molecule has 0 aliphatic carbocycles. The van der Waals surface area contributed by atoms with Crippen LogP contribution in [-0.2, 0) is 22.0 Å². The smallest absolute Gasteiger partial charge is 0.197 e. The van der Waals surface area contributed by atoms with E-state index in [-0.39, 0.29) is 17.3 Å². The van der Waals surface area contributed by atoms with Crippen LogP contribution in [0.15, 0.2) is 54.0 Å². The molecule has 172 valence electrons. The van der Waals surface area contributed by atoms with Crippen LogP contribution in [0.3, 0.4) is 0 Å². The van der Waals surface area contributed by atoms with Crippen molar-refractivity contribution in [3.05, 3.63) is 70.5 Å². The van der Waals surface area contributed by atoms with Crippen molar-refractivity contribution in [1.29, 1.82) is 0 Å². The number of para-hydroxylation sites is 1. The van der Waals surface area contributed by atoms with E-state index in [2.05, 4.69) is 15.2 Å². The summed E-state index contributed by atoms with van der Waals surface area (Å²) in [6.07, 6.45) is 2.02. The zero-order valence-electron chi connectivity index (χ0n) is 17.9. The number of hydrogen-bond acceptors (Lipinski definition) is 8. The van der Waals surface area contributed by atoms with E-state index in [0.717, 1.165) is 5.56 Å². The molecule has 0 N–H and O–H groups in total. The summed E-state index contributed by atoms with van der Waals surface area (Å²) in [5.74, 6) is 1.30. The largest absolute Gasteiger partial charge is 0.494 e. The first kappa shape index (κ1) is 23.2. The van der Waals surface area contributed by atoms with Crippen molar-refractivity contribution >= 4 is 32.8 Å². The van der Waals surface area contributed by atoms with Gasteiger partial charge < -0.3 is 9.47 Å². The Kier molecular flexibility index (Phi) is 6.96. The third-order valence-corrected chi connectivity index (χ3v) is 7.49. The monoisotopic (exact) mass is 504 g/mol. The lowest BCUT2D eigenvalue weighted by Gasteiger charge is -2.16. The minimum absolute atomic E-state index is 0.0445. The van der Waals surface area contributed by atoms with Crippen LogP contribution in [0.4, 0.5) is 0 Å². The van der Waals surface area contributed by atoms with Gasteiger partial charge in [-0.25, -0.2) is 13.4 Å². The Labute approximate surface area is 200 Å². The highest BCUT2D eigenvalue weighted by atomic mass is 35.5. The van der Waals surface area contributed by atoms with E-state index >= 15 is 0 Å². The van der Waals surface area contributed by atoms with Crippen molar-refractivity contribution < 1.29 is 17.9 Å². The second-order valence-corrected chi connectivity index (χ2v) is 10.6. The van der Waals surface area contributed by atoms with Gasteiger partial charge >= 0.3 is 0 Å². The quantitative estimate of drug-likeness (QED) is 0.336. The van der Waals surface area contributed by atoms with Crippen molar-refractivity contribution in [2.75, 3.05) is 20.0 Å². The molecule has 2 aromatic heterocycles. The molecule has 2 heterocycles. The molecule has 2 aromatic carbocycles. The van der Waals surface area contributed by atoms with Crippen molar-refractivity contribution in [1.82, 2.24) is 19.7 Å². The molecule has 8 nitrogen and oxygen atoms in total. The lowest BCUT2D eigenvalue weighted by atomic mass is 10.2. The van der Waals surface area contributed by atoms with E-state index in [4.69, 9.17) is 21.1 Å². The van der Waals surface area contributed by atoms with Crippen LogP contribution in [0.2, 0.25) is 5.02 Å². The van der Waals surface area contributed by atoms with Gasteiger partial charge in [0.25, 0.3) is 0 Å². The number of methoxy groups -OCH3 is 2. The standard InChI is InChI=1S/C22H21ClN4O4S2/c1-30-17-4-3-5-18(31-2)20(17)27-19(25-26-21(27)22-24-11-12-32-22)14-33(28,29)13-10-15-6-8-16(23)9-7-15/h3-9,11-12H,10,13-14H2,1-2H3. The van der Waals surface area contributed by atoms with Crippen LogP contribution in [-0.4, -0.2) is 48.1 Å². The zero-order chi connectivity index (χ0) is 23.4. The molecule has 0 amide bonds. The van der Waals surface area contributed by atoms with Gasteiger partial charge in [0.2, 0.25) is 0 Å². The molecule has 0 aliphatic rings. The molecule has 0 unspecified atom stereocenters. The number of halogens is 1. The van der Waals surface area contributed by atoms with Crippen LogP contribution in [0.1, 0.15) is 11.4 Å². The fraction of sp³-hybridized carbons (Fsp3) is 0.227. The van der Waals surface area contributed by atoms with E-state index in [0.29, 0.717) is 39.5 Å². The number of thiazole rings is 1. The maximum Gasteiger partial charge on any atom is 0.197 e. The molecule has 0 atom stereocenters. The van der Waals surface area contributed by atoms with Gasteiger partial charge in [0.05, 0.1) is 20.0 Å². The summed E-state index contributed by atoms with van der Waals surface area (Å²) in [7, 11) is -0.451. The van der Waals surface area contributed by atoms with E-state index in [1.165, 1.54) is 25.6 Å². The molecular formula is C22H21ClN4O4S2. The van der Waals surface area contributed by atoms with Gasteiger partial charge in [-0.15, -0.1) is 21.5 Å².